The summed E-state index contributed by atoms with van der Waals surface area (Å²) >= 11 is 0. The Kier molecular flexibility index (Phi) is 3.91. The molecule has 0 aromatic carbocycles. The van der Waals surface area contributed by atoms with Gasteiger partial charge in [-0.05, 0) is 0 Å². The second kappa shape index (κ2) is 4.86. The molecule has 0 aliphatic carbocycles. The molecule has 96 valence electrons. The van der Waals surface area contributed by atoms with Crippen molar-refractivity contribution in [2.45, 2.75) is 24.9 Å². The summed E-state index contributed by atoms with van der Waals surface area (Å²) < 4.78 is 72.6. The Morgan fingerprint density at radius 2 is 1.65 bits per heavy atom. The van der Waals surface area contributed by atoms with Gasteiger partial charge in [-0.15, -0.1) is 0 Å². The average molecular weight is 259 g/mol. The number of nitrogens with zero attached hydrogens (tertiary/aromatic N) is 2. The Hall–Kier alpha value is -1.38. The van der Waals surface area contributed by atoms with Crippen molar-refractivity contribution >= 4 is 0 Å². The van der Waals surface area contributed by atoms with Gasteiger partial charge in [0.25, 0.3) is 0 Å². The van der Waals surface area contributed by atoms with Gasteiger partial charge in [0.1, 0.15) is 0 Å². The largest absolute Gasteiger partial charge is 0.412 e. The lowest BCUT2D eigenvalue weighted by atomic mass is 10.2. The Morgan fingerprint density at radius 3 is 2.06 bits per heavy atom. The number of halogens is 6. The maximum absolute atomic E-state index is 12.1. The second-order valence-electron chi connectivity index (χ2n) is 3.09. The van der Waals surface area contributed by atoms with Crippen molar-refractivity contribution in [3.05, 3.63) is 24.3 Å². The summed E-state index contributed by atoms with van der Waals surface area (Å²) in [7, 11) is 0. The van der Waals surface area contributed by atoms with Crippen molar-refractivity contribution in [1.82, 2.24) is 15.3 Å². The molecular weight excluding hydrogens is 252 g/mol. The minimum Gasteiger partial charge on any atom is -0.293 e. The summed E-state index contributed by atoms with van der Waals surface area (Å²) in [6, 6.07) is -3.57. The highest BCUT2D eigenvalue weighted by molar-refractivity contribution is 4.95. The van der Waals surface area contributed by atoms with Crippen molar-refractivity contribution in [2.75, 3.05) is 0 Å². The molecule has 0 atom stereocenters. The van der Waals surface area contributed by atoms with E-state index in [-0.39, 0.29) is 5.69 Å². The molecule has 0 aliphatic heterocycles. The number of rotatable bonds is 3. The van der Waals surface area contributed by atoms with Crippen LogP contribution in [0.1, 0.15) is 5.69 Å². The van der Waals surface area contributed by atoms with Crippen LogP contribution in [-0.4, -0.2) is 28.4 Å². The van der Waals surface area contributed by atoms with Gasteiger partial charge in [0, 0.05) is 25.1 Å². The summed E-state index contributed by atoms with van der Waals surface area (Å²) in [6.07, 6.45) is -7.29. The van der Waals surface area contributed by atoms with Crippen molar-refractivity contribution in [3.63, 3.8) is 0 Å². The minimum atomic E-state index is -5.40. The first-order valence-corrected chi connectivity index (χ1v) is 4.33. The molecule has 0 unspecified atom stereocenters. The molecule has 0 aliphatic rings. The molecule has 1 aromatic heterocycles. The molecule has 1 heterocycles. The number of hydrogen-bond acceptors (Lipinski definition) is 3. The Labute approximate surface area is 91.9 Å². The molecule has 0 bridgehead atoms. The van der Waals surface area contributed by atoms with E-state index in [1.165, 1.54) is 17.7 Å². The molecule has 0 saturated carbocycles. The van der Waals surface area contributed by atoms with Crippen molar-refractivity contribution in [3.8, 4) is 0 Å². The summed E-state index contributed by atoms with van der Waals surface area (Å²) in [5, 5.41) is 1.36. The molecule has 1 aromatic rings. The molecule has 17 heavy (non-hydrogen) atoms. The van der Waals surface area contributed by atoms with E-state index in [1.54, 1.807) is 0 Å². The average Bonchev–Trinajstić information content (AvgIpc) is 2.15. The van der Waals surface area contributed by atoms with E-state index in [2.05, 4.69) is 9.97 Å². The number of alkyl halides is 6. The number of hydrogen-bond donors (Lipinski definition) is 1. The van der Waals surface area contributed by atoms with Crippen molar-refractivity contribution in [2.24, 2.45) is 0 Å². The minimum absolute atomic E-state index is 0.00833. The fourth-order valence-electron chi connectivity index (χ4n) is 1.04. The van der Waals surface area contributed by atoms with Crippen LogP contribution in [0, 0.1) is 0 Å². The van der Waals surface area contributed by atoms with Crippen molar-refractivity contribution < 1.29 is 26.3 Å². The van der Waals surface area contributed by atoms with Crippen LogP contribution in [0.3, 0.4) is 0 Å². The first-order chi connectivity index (χ1) is 7.71. The highest BCUT2D eigenvalue weighted by atomic mass is 19.4. The lowest BCUT2D eigenvalue weighted by Gasteiger charge is -2.23. The van der Waals surface area contributed by atoms with Crippen LogP contribution >= 0.6 is 0 Å². The number of nitrogens with one attached hydrogen (secondary N) is 1. The molecule has 0 fully saturated rings. The predicted octanol–water partition coefficient (Wildman–Crippen LogP) is 2.06. The fourth-order valence-corrected chi connectivity index (χ4v) is 1.04. The maximum Gasteiger partial charge on any atom is 0.412 e. The quantitative estimate of drug-likeness (QED) is 0.844. The van der Waals surface area contributed by atoms with E-state index in [1.807, 2.05) is 0 Å². The zero-order valence-corrected chi connectivity index (χ0v) is 8.18. The highest BCUT2D eigenvalue weighted by Gasteiger charge is 2.56. The third-order valence-electron chi connectivity index (χ3n) is 1.76. The first-order valence-electron chi connectivity index (χ1n) is 4.33. The number of aromatic nitrogens is 2. The van der Waals surface area contributed by atoms with Gasteiger partial charge in [-0.2, -0.15) is 26.3 Å². The topological polar surface area (TPSA) is 37.8 Å². The molecule has 9 heteroatoms. The third kappa shape index (κ3) is 4.17. The molecule has 3 nitrogen and oxygen atoms in total. The van der Waals surface area contributed by atoms with Gasteiger partial charge in [0.15, 0.2) is 0 Å². The molecule has 1 rings (SSSR count). The van der Waals surface area contributed by atoms with Gasteiger partial charge in [-0.1, -0.05) is 0 Å². The summed E-state index contributed by atoms with van der Waals surface area (Å²) in [5.41, 5.74) is -0.00833. The normalized spacial score (nSPS) is 13.1. The maximum atomic E-state index is 12.1. The predicted molar refractivity (Wildman–Crippen MR) is 44.8 cm³/mol. The van der Waals surface area contributed by atoms with Crippen LogP contribution in [-0.2, 0) is 6.54 Å². The summed E-state index contributed by atoms with van der Waals surface area (Å²) in [5.74, 6) is 0. The van der Waals surface area contributed by atoms with E-state index in [0.717, 1.165) is 6.20 Å². The SMILES string of the molecule is FC(F)(F)C(NCc1cnccn1)C(F)(F)F. The van der Waals surface area contributed by atoms with Crippen LogP contribution < -0.4 is 5.32 Å². The Balaban J connectivity index is 2.70. The molecular formula is C8H7F6N3. The second-order valence-corrected chi connectivity index (χ2v) is 3.09. The zero-order chi connectivity index (χ0) is 13.1. The van der Waals surface area contributed by atoms with Gasteiger partial charge < -0.3 is 0 Å². The standard InChI is InChI=1S/C8H7F6N3/c9-7(10,11)6(8(12,13)14)17-4-5-3-15-1-2-16-5/h1-3,6,17H,4H2. The van der Waals surface area contributed by atoms with E-state index in [0.29, 0.717) is 0 Å². The van der Waals surface area contributed by atoms with Gasteiger partial charge in [0.2, 0.25) is 6.04 Å². The van der Waals surface area contributed by atoms with E-state index < -0.39 is 24.9 Å². The third-order valence-corrected chi connectivity index (χ3v) is 1.76. The summed E-state index contributed by atoms with van der Waals surface area (Å²) in [6.45, 7) is -0.669. The molecule has 0 spiro atoms. The lowest BCUT2D eigenvalue weighted by Crippen LogP contribution is -2.52. The highest BCUT2D eigenvalue weighted by Crippen LogP contribution is 2.33. The molecule has 0 saturated heterocycles. The van der Waals surface area contributed by atoms with Gasteiger partial charge >= 0.3 is 12.4 Å². The van der Waals surface area contributed by atoms with Gasteiger partial charge in [0.05, 0.1) is 5.69 Å². The Morgan fingerprint density at radius 1 is 1.06 bits per heavy atom. The van der Waals surface area contributed by atoms with Crippen LogP contribution in [0.4, 0.5) is 26.3 Å². The fraction of sp³-hybridized carbons (Fsp3) is 0.500. The smallest absolute Gasteiger partial charge is 0.293 e. The van der Waals surface area contributed by atoms with Crippen LogP contribution in [0.5, 0.6) is 0 Å². The Bertz CT molecular complexity index is 333. The zero-order valence-electron chi connectivity index (χ0n) is 8.18. The van der Waals surface area contributed by atoms with Crippen LogP contribution in [0.2, 0.25) is 0 Å². The lowest BCUT2D eigenvalue weighted by molar-refractivity contribution is -0.258. The van der Waals surface area contributed by atoms with Crippen LogP contribution in [0.15, 0.2) is 18.6 Å². The first kappa shape index (κ1) is 13.7. The van der Waals surface area contributed by atoms with E-state index >= 15 is 0 Å². The van der Waals surface area contributed by atoms with E-state index in [9.17, 15) is 26.3 Å². The molecule has 1 N–H and O–H groups in total. The van der Waals surface area contributed by atoms with E-state index in [4.69, 9.17) is 0 Å². The van der Waals surface area contributed by atoms with Gasteiger partial charge in [-0.3, -0.25) is 15.3 Å². The monoisotopic (exact) mass is 259 g/mol. The summed E-state index contributed by atoms with van der Waals surface area (Å²) in [4.78, 5) is 7.08. The van der Waals surface area contributed by atoms with Crippen molar-refractivity contribution in [1.29, 1.82) is 0 Å². The van der Waals surface area contributed by atoms with Gasteiger partial charge in [-0.25, -0.2) is 0 Å². The molecule has 0 radical (unpaired) electrons. The van der Waals surface area contributed by atoms with Crippen LogP contribution in [0.25, 0.3) is 0 Å². The molecule has 0 amide bonds.